The monoisotopic (exact) mass is 314 g/mol. The van der Waals surface area contributed by atoms with Crippen LogP contribution in [0.2, 0.25) is 5.02 Å². The van der Waals surface area contributed by atoms with Crippen molar-refractivity contribution < 1.29 is 9.59 Å². The summed E-state index contributed by atoms with van der Waals surface area (Å²) in [6.45, 7) is 5.65. The fourth-order valence-electron chi connectivity index (χ4n) is 1.40. The molecule has 1 rings (SSSR count). The number of carbonyl (C=O) groups excluding carboxylic acids is 2. The Bertz CT molecular complexity index is 486. The van der Waals surface area contributed by atoms with Crippen molar-refractivity contribution in [3.05, 3.63) is 29.3 Å². The minimum absolute atomic E-state index is 0.0147. The number of hydrogen-bond acceptors (Lipinski definition) is 3. The van der Waals surface area contributed by atoms with Crippen LogP contribution in [-0.4, -0.2) is 29.7 Å². The Kier molecular flexibility index (Phi) is 6.36. The van der Waals surface area contributed by atoms with Crippen LogP contribution in [0.4, 0.5) is 0 Å². The molecule has 0 fully saturated rings. The molecule has 0 bridgehead atoms. The lowest BCUT2D eigenvalue weighted by molar-refractivity contribution is -0.125. The average Bonchev–Trinajstić information content (AvgIpc) is 2.33. The van der Waals surface area contributed by atoms with E-state index in [0.29, 0.717) is 5.02 Å². The highest BCUT2D eigenvalue weighted by Gasteiger charge is 2.14. The average molecular weight is 315 g/mol. The molecule has 0 aliphatic rings. The molecule has 110 valence electrons. The smallest absolute Gasteiger partial charge is 0.239 e. The Hall–Kier alpha value is -1.20. The third-order valence-electron chi connectivity index (χ3n) is 2.16. The van der Waals surface area contributed by atoms with Crippen LogP contribution >= 0.6 is 23.4 Å². The standard InChI is InChI=1S/C14H19ClN2O2S/c1-14(2,3)17-12(18)8-16-13(19)9-20-11-7-5-4-6-10(11)15/h4-7H,8-9H2,1-3H3,(H,16,19)(H,17,18). The normalized spacial score (nSPS) is 11.0. The van der Waals surface area contributed by atoms with E-state index in [1.54, 1.807) is 6.07 Å². The van der Waals surface area contributed by atoms with Gasteiger partial charge in [-0.3, -0.25) is 9.59 Å². The lowest BCUT2D eigenvalue weighted by Gasteiger charge is -2.20. The molecule has 1 aromatic rings. The Morgan fingerprint density at radius 2 is 1.85 bits per heavy atom. The van der Waals surface area contributed by atoms with E-state index in [4.69, 9.17) is 11.6 Å². The Balaban J connectivity index is 2.31. The Morgan fingerprint density at radius 3 is 2.45 bits per heavy atom. The highest BCUT2D eigenvalue weighted by atomic mass is 35.5. The van der Waals surface area contributed by atoms with E-state index in [9.17, 15) is 9.59 Å². The number of thioether (sulfide) groups is 1. The maximum atomic E-state index is 11.6. The van der Waals surface area contributed by atoms with Gasteiger partial charge in [-0.1, -0.05) is 23.7 Å². The molecule has 4 nitrogen and oxygen atoms in total. The Morgan fingerprint density at radius 1 is 1.20 bits per heavy atom. The minimum atomic E-state index is -0.297. The molecule has 20 heavy (non-hydrogen) atoms. The molecule has 0 atom stereocenters. The maximum Gasteiger partial charge on any atom is 0.239 e. The SMILES string of the molecule is CC(C)(C)NC(=O)CNC(=O)CSc1ccccc1Cl. The fourth-order valence-corrected chi connectivity index (χ4v) is 2.47. The molecule has 0 aliphatic carbocycles. The van der Waals surface area contributed by atoms with Crippen LogP contribution < -0.4 is 10.6 Å². The first-order valence-electron chi connectivity index (χ1n) is 6.23. The van der Waals surface area contributed by atoms with Gasteiger partial charge in [0, 0.05) is 10.4 Å². The second-order valence-electron chi connectivity index (χ2n) is 5.29. The molecule has 0 radical (unpaired) electrons. The van der Waals surface area contributed by atoms with Gasteiger partial charge >= 0.3 is 0 Å². The molecule has 0 unspecified atom stereocenters. The van der Waals surface area contributed by atoms with Crippen LogP contribution in [0.25, 0.3) is 0 Å². The van der Waals surface area contributed by atoms with Crippen LogP contribution in [-0.2, 0) is 9.59 Å². The number of hydrogen-bond donors (Lipinski definition) is 2. The second-order valence-corrected chi connectivity index (χ2v) is 6.72. The predicted molar refractivity (Wildman–Crippen MR) is 83.1 cm³/mol. The number of rotatable bonds is 5. The molecule has 0 spiro atoms. The quantitative estimate of drug-likeness (QED) is 0.821. The number of halogens is 1. The van der Waals surface area contributed by atoms with E-state index in [0.717, 1.165) is 4.90 Å². The second kappa shape index (κ2) is 7.55. The summed E-state index contributed by atoms with van der Waals surface area (Å²) in [5.41, 5.74) is -0.297. The highest BCUT2D eigenvalue weighted by molar-refractivity contribution is 8.00. The number of carbonyl (C=O) groups is 2. The fraction of sp³-hybridized carbons (Fsp3) is 0.429. The molecule has 0 saturated carbocycles. The summed E-state index contributed by atoms with van der Waals surface area (Å²) in [5.74, 6) is -0.167. The van der Waals surface area contributed by atoms with Gasteiger partial charge in [-0.25, -0.2) is 0 Å². The topological polar surface area (TPSA) is 58.2 Å². The summed E-state index contributed by atoms with van der Waals surface area (Å²) in [7, 11) is 0. The summed E-state index contributed by atoms with van der Waals surface area (Å²) >= 11 is 7.34. The molecule has 2 amide bonds. The van der Waals surface area contributed by atoms with Crippen LogP contribution in [0, 0.1) is 0 Å². The lowest BCUT2D eigenvalue weighted by Crippen LogP contribution is -2.46. The van der Waals surface area contributed by atoms with Gasteiger partial charge in [0.25, 0.3) is 0 Å². The third kappa shape index (κ3) is 6.82. The molecule has 0 heterocycles. The van der Waals surface area contributed by atoms with Gasteiger partial charge in [-0.15, -0.1) is 11.8 Å². The van der Waals surface area contributed by atoms with Gasteiger partial charge in [0.05, 0.1) is 17.3 Å². The van der Waals surface area contributed by atoms with E-state index >= 15 is 0 Å². The molecule has 1 aromatic carbocycles. The van der Waals surface area contributed by atoms with Gasteiger partial charge in [-0.05, 0) is 32.9 Å². The zero-order valence-electron chi connectivity index (χ0n) is 11.8. The van der Waals surface area contributed by atoms with E-state index in [1.807, 2.05) is 39.0 Å². The molecular formula is C14H19ClN2O2S. The molecule has 0 aliphatic heterocycles. The molecule has 0 aromatic heterocycles. The van der Waals surface area contributed by atoms with Crippen LogP contribution in [0.1, 0.15) is 20.8 Å². The van der Waals surface area contributed by atoms with Crippen molar-refractivity contribution in [1.29, 1.82) is 0 Å². The Labute approximate surface area is 128 Å². The van der Waals surface area contributed by atoms with Crippen molar-refractivity contribution in [2.24, 2.45) is 0 Å². The van der Waals surface area contributed by atoms with Crippen molar-refractivity contribution in [2.45, 2.75) is 31.2 Å². The summed E-state index contributed by atoms with van der Waals surface area (Å²) in [4.78, 5) is 24.0. The van der Waals surface area contributed by atoms with E-state index in [-0.39, 0.29) is 29.7 Å². The van der Waals surface area contributed by atoms with Crippen molar-refractivity contribution in [3.8, 4) is 0 Å². The van der Waals surface area contributed by atoms with Crippen molar-refractivity contribution in [1.82, 2.24) is 10.6 Å². The van der Waals surface area contributed by atoms with Crippen molar-refractivity contribution in [2.75, 3.05) is 12.3 Å². The van der Waals surface area contributed by atoms with Crippen LogP contribution in [0.5, 0.6) is 0 Å². The van der Waals surface area contributed by atoms with Crippen LogP contribution in [0.15, 0.2) is 29.2 Å². The zero-order chi connectivity index (χ0) is 15.2. The van der Waals surface area contributed by atoms with Crippen molar-refractivity contribution >= 4 is 35.2 Å². The predicted octanol–water partition coefficient (Wildman–Crippen LogP) is 2.46. The highest BCUT2D eigenvalue weighted by Crippen LogP contribution is 2.26. The van der Waals surface area contributed by atoms with Gasteiger partial charge in [0.15, 0.2) is 0 Å². The summed E-state index contributed by atoms with van der Waals surface area (Å²) in [6.07, 6.45) is 0. The largest absolute Gasteiger partial charge is 0.350 e. The van der Waals surface area contributed by atoms with E-state index < -0.39 is 0 Å². The first-order chi connectivity index (χ1) is 9.28. The van der Waals surface area contributed by atoms with E-state index in [1.165, 1.54) is 11.8 Å². The van der Waals surface area contributed by atoms with Gasteiger partial charge in [0.2, 0.25) is 11.8 Å². The van der Waals surface area contributed by atoms with Gasteiger partial charge in [-0.2, -0.15) is 0 Å². The lowest BCUT2D eigenvalue weighted by atomic mass is 10.1. The first-order valence-corrected chi connectivity index (χ1v) is 7.59. The third-order valence-corrected chi connectivity index (χ3v) is 3.67. The molecular weight excluding hydrogens is 296 g/mol. The summed E-state index contributed by atoms with van der Waals surface area (Å²) in [6, 6.07) is 7.33. The summed E-state index contributed by atoms with van der Waals surface area (Å²) in [5, 5.41) is 5.98. The van der Waals surface area contributed by atoms with Crippen LogP contribution in [0.3, 0.4) is 0 Å². The maximum absolute atomic E-state index is 11.6. The molecule has 6 heteroatoms. The van der Waals surface area contributed by atoms with E-state index in [2.05, 4.69) is 10.6 Å². The number of amides is 2. The molecule has 0 saturated heterocycles. The zero-order valence-corrected chi connectivity index (χ0v) is 13.4. The molecule has 2 N–H and O–H groups in total. The number of nitrogens with one attached hydrogen (secondary N) is 2. The first kappa shape index (κ1) is 16.9. The number of benzene rings is 1. The van der Waals surface area contributed by atoms with Gasteiger partial charge in [0.1, 0.15) is 0 Å². The minimum Gasteiger partial charge on any atom is -0.350 e. The van der Waals surface area contributed by atoms with Gasteiger partial charge < -0.3 is 10.6 Å². The van der Waals surface area contributed by atoms with Crippen molar-refractivity contribution in [3.63, 3.8) is 0 Å². The summed E-state index contributed by atoms with van der Waals surface area (Å²) < 4.78 is 0.